The van der Waals surface area contributed by atoms with Gasteiger partial charge in [-0.25, -0.2) is 0 Å². The van der Waals surface area contributed by atoms with Gasteiger partial charge in [0, 0.05) is 30.8 Å². The molecule has 1 atom stereocenters. The summed E-state index contributed by atoms with van der Waals surface area (Å²) in [5.74, 6) is 0. The van der Waals surface area contributed by atoms with Crippen LogP contribution in [0.1, 0.15) is 18.4 Å². The molecule has 8 nitrogen and oxygen atoms in total. The highest BCUT2D eigenvalue weighted by Gasteiger charge is 2.27. The molecular weight excluding hydrogens is 264 g/mol. The zero-order chi connectivity index (χ0) is 14.7. The van der Waals surface area contributed by atoms with E-state index in [9.17, 15) is 20.2 Å². The summed E-state index contributed by atoms with van der Waals surface area (Å²) >= 11 is 0. The second-order valence-electron chi connectivity index (χ2n) is 4.83. The van der Waals surface area contributed by atoms with Crippen molar-refractivity contribution < 1.29 is 9.85 Å². The first kappa shape index (κ1) is 14.4. The molecule has 1 aliphatic rings. The van der Waals surface area contributed by atoms with Crippen LogP contribution in [0, 0.1) is 20.2 Å². The Bertz CT molecular complexity index is 534. The predicted octanol–water partition coefficient (Wildman–Crippen LogP) is 1.43. The summed E-state index contributed by atoms with van der Waals surface area (Å²) in [5.41, 5.74) is 5.69. The Morgan fingerprint density at radius 3 is 2.65 bits per heavy atom. The molecule has 2 N–H and O–H groups in total. The van der Waals surface area contributed by atoms with Crippen LogP contribution in [0.3, 0.4) is 0 Å². The maximum atomic E-state index is 11.1. The van der Waals surface area contributed by atoms with Gasteiger partial charge in [-0.2, -0.15) is 0 Å². The summed E-state index contributed by atoms with van der Waals surface area (Å²) in [6, 6.07) is 4.01. The van der Waals surface area contributed by atoms with E-state index >= 15 is 0 Å². The quantitative estimate of drug-likeness (QED) is 0.644. The highest BCUT2D eigenvalue weighted by atomic mass is 16.6. The summed E-state index contributed by atoms with van der Waals surface area (Å²) < 4.78 is 0. The second-order valence-corrected chi connectivity index (χ2v) is 4.83. The van der Waals surface area contributed by atoms with Crippen molar-refractivity contribution in [2.24, 2.45) is 5.73 Å². The van der Waals surface area contributed by atoms with E-state index in [1.165, 1.54) is 12.1 Å². The third kappa shape index (κ3) is 2.91. The molecule has 0 radical (unpaired) electrons. The monoisotopic (exact) mass is 280 g/mol. The lowest BCUT2D eigenvalue weighted by atomic mass is 10.1. The number of nitrogens with two attached hydrogens (primary N) is 1. The fraction of sp³-hybridized carbons (Fsp3) is 0.500. The number of nitrogens with zero attached hydrogens (tertiary/aromatic N) is 3. The van der Waals surface area contributed by atoms with E-state index < -0.39 is 9.85 Å². The minimum atomic E-state index is -0.630. The van der Waals surface area contributed by atoms with Crippen LogP contribution in [0.25, 0.3) is 0 Å². The molecule has 0 spiro atoms. The Balaban J connectivity index is 2.27. The number of nitro benzene ring substituents is 2. The van der Waals surface area contributed by atoms with Crippen LogP contribution in [0.15, 0.2) is 18.2 Å². The standard InChI is InChI=1S/C12H16N4O4/c13-7-11-2-1-5-14(11)8-9-3-4-10(15(17)18)6-12(9)16(19)20/h3-4,6,11H,1-2,5,7-8,13H2. The van der Waals surface area contributed by atoms with Gasteiger partial charge in [0.2, 0.25) is 0 Å². The molecule has 0 saturated carbocycles. The van der Waals surface area contributed by atoms with Crippen LogP contribution < -0.4 is 5.73 Å². The van der Waals surface area contributed by atoms with Gasteiger partial charge in [-0.05, 0) is 25.5 Å². The molecule has 1 aromatic rings. The first-order valence-corrected chi connectivity index (χ1v) is 6.38. The molecule has 0 aliphatic carbocycles. The van der Waals surface area contributed by atoms with Crippen LogP contribution in [0.2, 0.25) is 0 Å². The average Bonchev–Trinajstić information content (AvgIpc) is 2.85. The Labute approximate surface area is 115 Å². The van der Waals surface area contributed by atoms with Crippen molar-refractivity contribution in [3.05, 3.63) is 44.0 Å². The molecule has 0 bridgehead atoms. The first-order valence-electron chi connectivity index (χ1n) is 6.38. The molecule has 1 heterocycles. The van der Waals surface area contributed by atoms with Gasteiger partial charge in [0.25, 0.3) is 11.4 Å². The van der Waals surface area contributed by atoms with Crippen LogP contribution in [-0.2, 0) is 6.54 Å². The van der Waals surface area contributed by atoms with Crippen LogP contribution in [0.4, 0.5) is 11.4 Å². The number of non-ortho nitro benzene ring substituents is 1. The van der Waals surface area contributed by atoms with Crippen molar-refractivity contribution in [2.45, 2.75) is 25.4 Å². The van der Waals surface area contributed by atoms with Gasteiger partial charge in [-0.1, -0.05) is 0 Å². The maximum absolute atomic E-state index is 11.1. The molecule has 1 saturated heterocycles. The average molecular weight is 280 g/mol. The van der Waals surface area contributed by atoms with Crippen molar-refractivity contribution in [2.75, 3.05) is 13.1 Å². The summed E-state index contributed by atoms with van der Waals surface area (Å²) in [6.45, 7) is 1.76. The van der Waals surface area contributed by atoms with E-state index in [-0.39, 0.29) is 17.4 Å². The third-order valence-corrected chi connectivity index (χ3v) is 3.62. The fourth-order valence-electron chi connectivity index (χ4n) is 2.56. The number of rotatable bonds is 5. The highest BCUT2D eigenvalue weighted by molar-refractivity contribution is 5.49. The van der Waals surface area contributed by atoms with E-state index in [1.807, 2.05) is 0 Å². The number of benzene rings is 1. The van der Waals surface area contributed by atoms with Crippen LogP contribution in [-0.4, -0.2) is 33.9 Å². The number of nitro groups is 2. The van der Waals surface area contributed by atoms with E-state index in [0.717, 1.165) is 25.5 Å². The van der Waals surface area contributed by atoms with Crippen molar-refractivity contribution >= 4 is 11.4 Å². The molecule has 0 aromatic heterocycles. The molecule has 2 rings (SSSR count). The minimum absolute atomic E-state index is 0.207. The van der Waals surface area contributed by atoms with Gasteiger partial charge in [-0.3, -0.25) is 25.1 Å². The Morgan fingerprint density at radius 1 is 1.30 bits per heavy atom. The van der Waals surface area contributed by atoms with E-state index in [0.29, 0.717) is 18.7 Å². The number of hydrogen-bond acceptors (Lipinski definition) is 6. The lowest BCUT2D eigenvalue weighted by Crippen LogP contribution is -2.35. The molecule has 1 aliphatic heterocycles. The van der Waals surface area contributed by atoms with E-state index in [2.05, 4.69) is 4.90 Å². The summed E-state index contributed by atoms with van der Waals surface area (Å²) in [4.78, 5) is 22.6. The van der Waals surface area contributed by atoms with Crippen molar-refractivity contribution in [3.63, 3.8) is 0 Å². The van der Waals surface area contributed by atoms with Crippen molar-refractivity contribution in [1.82, 2.24) is 4.90 Å². The van der Waals surface area contributed by atoms with Gasteiger partial charge >= 0.3 is 0 Å². The first-order chi connectivity index (χ1) is 9.52. The maximum Gasteiger partial charge on any atom is 0.280 e. The number of likely N-dealkylation sites (tertiary alicyclic amines) is 1. The molecule has 1 unspecified atom stereocenters. The van der Waals surface area contributed by atoms with Gasteiger partial charge in [0.15, 0.2) is 0 Å². The SMILES string of the molecule is NCC1CCCN1Cc1ccc([N+](=O)[O-])cc1[N+](=O)[O-]. The molecule has 20 heavy (non-hydrogen) atoms. The largest absolute Gasteiger partial charge is 0.329 e. The Morgan fingerprint density at radius 2 is 2.05 bits per heavy atom. The zero-order valence-electron chi connectivity index (χ0n) is 10.9. The minimum Gasteiger partial charge on any atom is -0.329 e. The molecule has 1 aromatic carbocycles. The lowest BCUT2D eigenvalue weighted by Gasteiger charge is -2.22. The second kappa shape index (κ2) is 5.93. The van der Waals surface area contributed by atoms with Gasteiger partial charge in [0.1, 0.15) is 0 Å². The van der Waals surface area contributed by atoms with E-state index in [4.69, 9.17) is 5.73 Å². The summed E-state index contributed by atoms with van der Waals surface area (Å²) in [6.07, 6.45) is 2.00. The van der Waals surface area contributed by atoms with Gasteiger partial charge < -0.3 is 5.73 Å². The summed E-state index contributed by atoms with van der Waals surface area (Å²) in [7, 11) is 0. The van der Waals surface area contributed by atoms with Crippen molar-refractivity contribution in [3.8, 4) is 0 Å². The Hall–Kier alpha value is -2.06. The third-order valence-electron chi connectivity index (χ3n) is 3.62. The van der Waals surface area contributed by atoms with Crippen LogP contribution in [0.5, 0.6) is 0 Å². The molecule has 1 fully saturated rings. The van der Waals surface area contributed by atoms with E-state index in [1.54, 1.807) is 0 Å². The fourth-order valence-corrected chi connectivity index (χ4v) is 2.56. The highest BCUT2D eigenvalue weighted by Crippen LogP contribution is 2.28. The molecule has 0 amide bonds. The molecular formula is C12H16N4O4. The smallest absolute Gasteiger partial charge is 0.280 e. The number of hydrogen-bond donors (Lipinski definition) is 1. The molecule has 108 valence electrons. The lowest BCUT2D eigenvalue weighted by molar-refractivity contribution is -0.394. The van der Waals surface area contributed by atoms with Crippen LogP contribution >= 0.6 is 0 Å². The summed E-state index contributed by atoms with van der Waals surface area (Å²) in [5, 5.41) is 21.7. The molecule has 8 heteroatoms. The van der Waals surface area contributed by atoms with Crippen molar-refractivity contribution in [1.29, 1.82) is 0 Å². The Kier molecular flexibility index (Phi) is 4.26. The van der Waals surface area contributed by atoms with Gasteiger partial charge in [0.05, 0.1) is 15.9 Å². The predicted molar refractivity (Wildman–Crippen MR) is 72.2 cm³/mol. The van der Waals surface area contributed by atoms with Gasteiger partial charge in [-0.15, -0.1) is 0 Å². The normalized spacial score (nSPS) is 19.1. The topological polar surface area (TPSA) is 116 Å². The zero-order valence-corrected chi connectivity index (χ0v) is 10.9.